The predicted octanol–water partition coefficient (Wildman–Crippen LogP) is 4.39. The SMILES string of the molecule is Cn1ccnc1C(NC(=O)c1cccc(NC(=O)c2cccs2)c1)c1ccc(F)cc1. The Kier molecular flexibility index (Phi) is 5.90. The zero-order valence-corrected chi connectivity index (χ0v) is 17.4. The molecular weight excluding hydrogens is 415 g/mol. The van der Waals surface area contributed by atoms with Gasteiger partial charge >= 0.3 is 0 Å². The molecule has 0 fully saturated rings. The summed E-state index contributed by atoms with van der Waals surface area (Å²) in [6.45, 7) is 0. The average Bonchev–Trinajstić information content (AvgIpc) is 3.45. The fraction of sp³-hybridized carbons (Fsp3) is 0.0870. The summed E-state index contributed by atoms with van der Waals surface area (Å²) in [4.78, 5) is 30.3. The first-order chi connectivity index (χ1) is 15.0. The standard InChI is InChI=1S/C23H19FN4O2S/c1-28-12-11-25-21(28)20(15-7-9-17(24)10-8-15)27-22(29)16-4-2-5-18(14-16)26-23(30)19-6-3-13-31-19/h2-14,20H,1H3,(H,26,30)(H,27,29). The van der Waals surface area contributed by atoms with Crippen LogP contribution in [-0.4, -0.2) is 21.4 Å². The van der Waals surface area contributed by atoms with Crippen LogP contribution in [0.3, 0.4) is 0 Å². The minimum atomic E-state index is -0.572. The normalized spacial score (nSPS) is 11.7. The second kappa shape index (κ2) is 8.93. The summed E-state index contributed by atoms with van der Waals surface area (Å²) >= 11 is 1.34. The number of carbonyl (C=O) groups is 2. The summed E-state index contributed by atoms with van der Waals surface area (Å²) in [6.07, 6.45) is 3.41. The molecule has 156 valence electrons. The minimum Gasteiger partial charge on any atom is -0.338 e. The fourth-order valence-electron chi connectivity index (χ4n) is 3.16. The summed E-state index contributed by atoms with van der Waals surface area (Å²) in [5.41, 5.74) is 1.60. The van der Waals surface area contributed by atoms with Crippen LogP contribution in [-0.2, 0) is 7.05 Å². The number of amides is 2. The number of anilines is 1. The lowest BCUT2D eigenvalue weighted by Gasteiger charge is -2.19. The predicted molar refractivity (Wildman–Crippen MR) is 118 cm³/mol. The lowest BCUT2D eigenvalue weighted by molar-refractivity contribution is 0.0940. The average molecular weight is 434 g/mol. The first-order valence-corrected chi connectivity index (χ1v) is 10.4. The molecule has 1 unspecified atom stereocenters. The van der Waals surface area contributed by atoms with E-state index in [4.69, 9.17) is 0 Å². The maximum atomic E-state index is 13.4. The number of aryl methyl sites for hydroxylation is 1. The first-order valence-electron chi connectivity index (χ1n) is 9.50. The van der Waals surface area contributed by atoms with E-state index in [2.05, 4.69) is 15.6 Å². The highest BCUT2D eigenvalue weighted by Crippen LogP contribution is 2.22. The summed E-state index contributed by atoms with van der Waals surface area (Å²) in [5, 5.41) is 7.59. The second-order valence-corrected chi connectivity index (χ2v) is 7.81. The molecule has 8 heteroatoms. The number of rotatable bonds is 6. The van der Waals surface area contributed by atoms with Gasteiger partial charge < -0.3 is 15.2 Å². The van der Waals surface area contributed by atoms with Crippen molar-refractivity contribution in [2.75, 3.05) is 5.32 Å². The van der Waals surface area contributed by atoms with E-state index in [-0.39, 0.29) is 17.6 Å². The molecule has 6 nitrogen and oxygen atoms in total. The van der Waals surface area contributed by atoms with Crippen LogP contribution in [0.2, 0.25) is 0 Å². The van der Waals surface area contributed by atoms with Crippen LogP contribution in [0.5, 0.6) is 0 Å². The molecule has 0 aliphatic heterocycles. The van der Waals surface area contributed by atoms with Crippen molar-refractivity contribution in [2.24, 2.45) is 7.05 Å². The molecular formula is C23H19FN4O2S. The molecule has 2 heterocycles. The Morgan fingerprint density at radius 3 is 2.55 bits per heavy atom. The van der Waals surface area contributed by atoms with Crippen LogP contribution in [0, 0.1) is 5.82 Å². The molecule has 4 rings (SSSR count). The van der Waals surface area contributed by atoms with Crippen LogP contribution < -0.4 is 10.6 Å². The maximum Gasteiger partial charge on any atom is 0.265 e. The molecule has 0 aliphatic carbocycles. The van der Waals surface area contributed by atoms with Gasteiger partial charge in [0.2, 0.25) is 0 Å². The second-order valence-electron chi connectivity index (χ2n) is 6.87. The van der Waals surface area contributed by atoms with Gasteiger partial charge in [0, 0.05) is 30.7 Å². The molecule has 0 saturated heterocycles. The maximum absolute atomic E-state index is 13.4. The molecule has 2 aromatic carbocycles. The minimum absolute atomic E-state index is 0.232. The largest absolute Gasteiger partial charge is 0.338 e. The van der Waals surface area contributed by atoms with E-state index in [1.807, 2.05) is 12.4 Å². The van der Waals surface area contributed by atoms with Gasteiger partial charge in [-0.25, -0.2) is 9.37 Å². The van der Waals surface area contributed by atoms with Crippen LogP contribution in [0.4, 0.5) is 10.1 Å². The number of nitrogens with zero attached hydrogens (tertiary/aromatic N) is 2. The molecule has 2 aromatic heterocycles. The first kappa shape index (κ1) is 20.5. The van der Waals surface area contributed by atoms with E-state index in [9.17, 15) is 14.0 Å². The number of benzene rings is 2. The Labute approximate surface area is 182 Å². The van der Waals surface area contributed by atoms with Crippen molar-refractivity contribution in [3.63, 3.8) is 0 Å². The Morgan fingerprint density at radius 1 is 1.06 bits per heavy atom. The molecule has 31 heavy (non-hydrogen) atoms. The highest BCUT2D eigenvalue weighted by Gasteiger charge is 2.22. The van der Waals surface area contributed by atoms with Gasteiger partial charge in [0.1, 0.15) is 17.7 Å². The quantitative estimate of drug-likeness (QED) is 0.473. The van der Waals surface area contributed by atoms with Crippen molar-refractivity contribution in [1.29, 1.82) is 0 Å². The van der Waals surface area contributed by atoms with Gasteiger partial charge in [0.25, 0.3) is 11.8 Å². The molecule has 2 amide bonds. The van der Waals surface area contributed by atoms with Gasteiger partial charge in [-0.2, -0.15) is 0 Å². The molecule has 0 saturated carbocycles. The van der Waals surface area contributed by atoms with Crippen molar-refractivity contribution in [3.05, 3.63) is 106 Å². The fourth-order valence-corrected chi connectivity index (χ4v) is 3.78. The number of thiophene rings is 1. The summed E-state index contributed by atoms with van der Waals surface area (Å²) in [6, 6.07) is 15.6. The molecule has 2 N–H and O–H groups in total. The summed E-state index contributed by atoms with van der Waals surface area (Å²) < 4.78 is 15.2. The van der Waals surface area contributed by atoms with Gasteiger partial charge in [-0.05, 0) is 47.3 Å². The van der Waals surface area contributed by atoms with Gasteiger partial charge in [0.05, 0.1) is 4.88 Å². The van der Waals surface area contributed by atoms with Gasteiger partial charge in [-0.3, -0.25) is 9.59 Å². The lowest BCUT2D eigenvalue weighted by Crippen LogP contribution is -2.31. The Balaban J connectivity index is 1.57. The number of halogens is 1. The number of aromatic nitrogens is 2. The van der Waals surface area contributed by atoms with E-state index in [0.29, 0.717) is 27.5 Å². The molecule has 4 aromatic rings. The number of hydrogen-bond acceptors (Lipinski definition) is 4. The molecule has 1 atom stereocenters. The van der Waals surface area contributed by atoms with Crippen molar-refractivity contribution in [1.82, 2.24) is 14.9 Å². The molecule has 0 bridgehead atoms. The Bertz CT molecular complexity index is 1200. The van der Waals surface area contributed by atoms with Crippen molar-refractivity contribution in [3.8, 4) is 0 Å². The number of hydrogen-bond donors (Lipinski definition) is 2. The molecule has 0 aliphatic rings. The van der Waals surface area contributed by atoms with E-state index in [1.165, 1.54) is 23.5 Å². The van der Waals surface area contributed by atoms with Crippen molar-refractivity contribution < 1.29 is 14.0 Å². The molecule has 0 spiro atoms. The van der Waals surface area contributed by atoms with Gasteiger partial charge in [-0.1, -0.05) is 24.3 Å². The Hall–Kier alpha value is -3.78. The van der Waals surface area contributed by atoms with E-state index < -0.39 is 6.04 Å². The third kappa shape index (κ3) is 4.70. The zero-order valence-electron chi connectivity index (χ0n) is 16.6. The van der Waals surface area contributed by atoms with E-state index in [1.54, 1.807) is 65.5 Å². The number of imidazole rings is 1. The van der Waals surface area contributed by atoms with Crippen LogP contribution in [0.1, 0.15) is 37.5 Å². The number of nitrogens with one attached hydrogen (secondary N) is 2. The van der Waals surface area contributed by atoms with Crippen LogP contribution >= 0.6 is 11.3 Å². The topological polar surface area (TPSA) is 76.0 Å². The third-order valence-electron chi connectivity index (χ3n) is 4.72. The summed E-state index contributed by atoms with van der Waals surface area (Å²) in [7, 11) is 1.83. The summed E-state index contributed by atoms with van der Waals surface area (Å²) in [5.74, 6) is -0.320. The smallest absolute Gasteiger partial charge is 0.265 e. The monoisotopic (exact) mass is 434 g/mol. The highest BCUT2D eigenvalue weighted by atomic mass is 32.1. The van der Waals surface area contributed by atoms with E-state index >= 15 is 0 Å². The zero-order chi connectivity index (χ0) is 21.8. The van der Waals surface area contributed by atoms with Crippen LogP contribution in [0.15, 0.2) is 78.4 Å². The molecule has 0 radical (unpaired) electrons. The van der Waals surface area contributed by atoms with E-state index in [0.717, 1.165) is 0 Å². The lowest BCUT2D eigenvalue weighted by atomic mass is 10.0. The Morgan fingerprint density at radius 2 is 1.87 bits per heavy atom. The highest BCUT2D eigenvalue weighted by molar-refractivity contribution is 7.12. The van der Waals surface area contributed by atoms with Crippen molar-refractivity contribution >= 4 is 28.8 Å². The van der Waals surface area contributed by atoms with Crippen LogP contribution in [0.25, 0.3) is 0 Å². The number of carbonyl (C=O) groups excluding carboxylic acids is 2. The van der Waals surface area contributed by atoms with Crippen molar-refractivity contribution in [2.45, 2.75) is 6.04 Å². The van der Waals surface area contributed by atoms with Gasteiger partial charge in [0.15, 0.2) is 0 Å². The van der Waals surface area contributed by atoms with Gasteiger partial charge in [-0.15, -0.1) is 11.3 Å². The third-order valence-corrected chi connectivity index (χ3v) is 5.59.